The maximum Gasteiger partial charge on any atom is 0.407 e. The first-order chi connectivity index (χ1) is 12.1. The van der Waals surface area contributed by atoms with E-state index in [-0.39, 0.29) is 17.9 Å². The summed E-state index contributed by atoms with van der Waals surface area (Å²) in [5, 5.41) is 12.9. The number of aromatic hydroxyl groups is 1. The highest BCUT2D eigenvalue weighted by atomic mass is 35.5. The molecule has 0 saturated carbocycles. The highest BCUT2D eigenvalue weighted by molar-refractivity contribution is 6.31. The summed E-state index contributed by atoms with van der Waals surface area (Å²) in [6.07, 6.45) is 3.99. The number of nitrogens with one attached hydrogen (secondary N) is 1. The number of alkyl carbamates (subject to hydrolysis) is 1. The quantitative estimate of drug-likeness (QED) is 0.574. The van der Waals surface area contributed by atoms with Gasteiger partial charge in [-0.2, -0.15) is 0 Å². The topological polar surface area (TPSA) is 75.6 Å². The van der Waals surface area contributed by atoms with E-state index in [1.54, 1.807) is 18.2 Å². The molecule has 0 saturated heterocycles. The number of carbonyl (C=O) groups is 2. The second kappa shape index (κ2) is 9.49. The summed E-state index contributed by atoms with van der Waals surface area (Å²) in [6, 6.07) is 12.4. The SMILES string of the molecule is O=Cc1cc(Cl)cc(C=CCCNC(=O)OCc2ccccc2)c1O. The van der Waals surface area contributed by atoms with E-state index in [0.29, 0.717) is 29.8 Å². The Kier molecular flexibility index (Phi) is 7.04. The van der Waals surface area contributed by atoms with E-state index in [1.165, 1.54) is 6.07 Å². The molecule has 0 heterocycles. The molecule has 0 aliphatic rings. The molecule has 5 nitrogen and oxygen atoms in total. The molecule has 0 aliphatic heterocycles. The molecular formula is C19H18ClNO4. The average Bonchev–Trinajstić information content (AvgIpc) is 2.63. The second-order valence-corrected chi connectivity index (χ2v) is 5.67. The number of amides is 1. The molecule has 0 unspecified atom stereocenters. The Morgan fingerprint density at radius 3 is 2.64 bits per heavy atom. The maximum atomic E-state index is 11.6. The molecule has 6 heteroatoms. The Balaban J connectivity index is 1.75. The van der Waals surface area contributed by atoms with Crippen molar-refractivity contribution in [1.82, 2.24) is 5.32 Å². The van der Waals surface area contributed by atoms with Crippen LogP contribution in [0.2, 0.25) is 5.02 Å². The lowest BCUT2D eigenvalue weighted by Gasteiger charge is -2.06. The van der Waals surface area contributed by atoms with Gasteiger partial charge >= 0.3 is 6.09 Å². The molecule has 25 heavy (non-hydrogen) atoms. The van der Waals surface area contributed by atoms with Crippen molar-refractivity contribution in [3.8, 4) is 5.75 Å². The van der Waals surface area contributed by atoms with Crippen LogP contribution in [0, 0.1) is 0 Å². The Morgan fingerprint density at radius 2 is 1.92 bits per heavy atom. The van der Waals surface area contributed by atoms with E-state index in [4.69, 9.17) is 16.3 Å². The van der Waals surface area contributed by atoms with Crippen molar-refractivity contribution >= 4 is 30.1 Å². The minimum absolute atomic E-state index is 0.120. The zero-order valence-corrected chi connectivity index (χ0v) is 14.2. The van der Waals surface area contributed by atoms with Crippen LogP contribution in [0.15, 0.2) is 48.5 Å². The predicted octanol–water partition coefficient (Wildman–Crippen LogP) is 4.19. The molecule has 0 aromatic heterocycles. The van der Waals surface area contributed by atoms with Crippen LogP contribution in [0.25, 0.3) is 6.08 Å². The first-order valence-electron chi connectivity index (χ1n) is 7.69. The van der Waals surface area contributed by atoms with Crippen LogP contribution in [0.4, 0.5) is 4.79 Å². The number of phenols is 1. The molecular weight excluding hydrogens is 342 g/mol. The molecule has 0 atom stereocenters. The number of halogens is 1. The fraction of sp³-hybridized carbons (Fsp3) is 0.158. The lowest BCUT2D eigenvalue weighted by molar-refractivity contribution is 0.112. The number of rotatable bonds is 7. The van der Waals surface area contributed by atoms with Crippen molar-refractivity contribution in [3.63, 3.8) is 0 Å². The van der Waals surface area contributed by atoms with Gasteiger partial charge in [-0.05, 0) is 24.1 Å². The third-order valence-corrected chi connectivity index (χ3v) is 3.57. The monoisotopic (exact) mass is 359 g/mol. The van der Waals surface area contributed by atoms with E-state index in [1.807, 2.05) is 30.3 Å². The summed E-state index contributed by atoms with van der Waals surface area (Å²) < 4.78 is 5.09. The number of ether oxygens (including phenoxy) is 1. The normalized spacial score (nSPS) is 10.6. The Morgan fingerprint density at radius 1 is 1.20 bits per heavy atom. The second-order valence-electron chi connectivity index (χ2n) is 5.23. The van der Waals surface area contributed by atoms with Gasteiger partial charge in [0.2, 0.25) is 0 Å². The number of hydrogen-bond donors (Lipinski definition) is 2. The molecule has 2 aromatic rings. The van der Waals surface area contributed by atoms with Gasteiger partial charge in [-0.15, -0.1) is 0 Å². The van der Waals surface area contributed by atoms with E-state index < -0.39 is 6.09 Å². The van der Waals surface area contributed by atoms with Crippen molar-refractivity contribution < 1.29 is 19.4 Å². The molecule has 0 bridgehead atoms. The van der Waals surface area contributed by atoms with Gasteiger partial charge in [0.15, 0.2) is 6.29 Å². The maximum absolute atomic E-state index is 11.6. The Labute approximate surface area is 150 Å². The lowest BCUT2D eigenvalue weighted by Crippen LogP contribution is -2.24. The third kappa shape index (κ3) is 5.97. The molecule has 0 fully saturated rings. The summed E-state index contributed by atoms with van der Waals surface area (Å²) in [6.45, 7) is 0.597. The first kappa shape index (κ1) is 18.5. The highest BCUT2D eigenvalue weighted by Gasteiger charge is 2.06. The van der Waals surface area contributed by atoms with Crippen LogP contribution in [0.3, 0.4) is 0 Å². The number of carbonyl (C=O) groups excluding carboxylic acids is 2. The zero-order valence-electron chi connectivity index (χ0n) is 13.4. The van der Waals surface area contributed by atoms with Gasteiger partial charge in [-0.1, -0.05) is 54.1 Å². The smallest absolute Gasteiger partial charge is 0.407 e. The van der Waals surface area contributed by atoms with E-state index >= 15 is 0 Å². The van der Waals surface area contributed by atoms with Crippen molar-refractivity contribution in [2.45, 2.75) is 13.0 Å². The van der Waals surface area contributed by atoms with Gasteiger partial charge in [-0.25, -0.2) is 4.79 Å². The van der Waals surface area contributed by atoms with Crippen molar-refractivity contribution in [3.05, 3.63) is 70.3 Å². The van der Waals surface area contributed by atoms with Crippen molar-refractivity contribution in [1.29, 1.82) is 0 Å². The molecule has 0 spiro atoms. The number of phenolic OH excluding ortho intramolecular Hbond substituents is 1. The fourth-order valence-corrected chi connectivity index (χ4v) is 2.34. The van der Waals surface area contributed by atoms with Crippen LogP contribution < -0.4 is 5.32 Å². The van der Waals surface area contributed by atoms with Crippen molar-refractivity contribution in [2.75, 3.05) is 6.54 Å². The van der Waals surface area contributed by atoms with E-state index in [2.05, 4.69) is 5.32 Å². The van der Waals surface area contributed by atoms with E-state index in [9.17, 15) is 14.7 Å². The number of hydrogen-bond acceptors (Lipinski definition) is 4. The van der Waals surface area contributed by atoms with Gasteiger partial charge < -0.3 is 15.2 Å². The Bertz CT molecular complexity index is 760. The molecule has 2 aromatic carbocycles. The molecule has 2 N–H and O–H groups in total. The minimum atomic E-state index is -0.494. The van der Waals surface area contributed by atoms with Gasteiger partial charge in [0.1, 0.15) is 12.4 Å². The average molecular weight is 360 g/mol. The van der Waals surface area contributed by atoms with Gasteiger partial charge in [0.25, 0.3) is 0 Å². The molecule has 130 valence electrons. The standard InChI is InChI=1S/C19H18ClNO4/c20-17-10-15(18(23)16(11-17)12-22)8-4-5-9-21-19(24)25-13-14-6-2-1-3-7-14/h1-4,6-8,10-12,23H,5,9,13H2,(H,21,24). The summed E-state index contributed by atoms with van der Waals surface area (Å²) in [4.78, 5) is 22.4. The molecule has 0 aliphatic carbocycles. The lowest BCUT2D eigenvalue weighted by atomic mass is 10.1. The van der Waals surface area contributed by atoms with Crippen LogP contribution in [-0.4, -0.2) is 24.0 Å². The summed E-state index contributed by atoms with van der Waals surface area (Å²) >= 11 is 5.89. The minimum Gasteiger partial charge on any atom is -0.507 e. The predicted molar refractivity (Wildman–Crippen MR) is 96.8 cm³/mol. The van der Waals surface area contributed by atoms with Crippen LogP contribution in [-0.2, 0) is 11.3 Å². The highest BCUT2D eigenvalue weighted by Crippen LogP contribution is 2.27. The van der Waals surface area contributed by atoms with E-state index in [0.717, 1.165) is 5.56 Å². The molecule has 2 rings (SSSR count). The van der Waals surface area contributed by atoms with Crippen LogP contribution in [0.1, 0.15) is 27.9 Å². The zero-order chi connectivity index (χ0) is 18.1. The number of aldehydes is 1. The third-order valence-electron chi connectivity index (χ3n) is 3.35. The van der Waals surface area contributed by atoms with Gasteiger partial charge in [-0.3, -0.25) is 4.79 Å². The largest absolute Gasteiger partial charge is 0.507 e. The summed E-state index contributed by atoms with van der Waals surface area (Å²) in [5.74, 6) is -0.120. The van der Waals surface area contributed by atoms with Gasteiger partial charge in [0.05, 0.1) is 5.56 Å². The fourth-order valence-electron chi connectivity index (χ4n) is 2.10. The van der Waals surface area contributed by atoms with Gasteiger partial charge in [0, 0.05) is 17.1 Å². The van der Waals surface area contributed by atoms with Crippen LogP contribution >= 0.6 is 11.6 Å². The summed E-state index contributed by atoms with van der Waals surface area (Å²) in [5.41, 5.74) is 1.50. The molecule has 1 amide bonds. The summed E-state index contributed by atoms with van der Waals surface area (Å²) in [7, 11) is 0. The van der Waals surface area contributed by atoms with Crippen molar-refractivity contribution in [2.24, 2.45) is 0 Å². The Hall–Kier alpha value is -2.79. The first-order valence-corrected chi connectivity index (χ1v) is 8.06. The number of benzene rings is 2. The van der Waals surface area contributed by atoms with Crippen LogP contribution in [0.5, 0.6) is 5.75 Å². The molecule has 0 radical (unpaired) electrons.